The van der Waals surface area contributed by atoms with E-state index in [1.54, 1.807) is 17.5 Å². The highest BCUT2D eigenvalue weighted by Gasteiger charge is 2.47. The Morgan fingerprint density at radius 1 is 1.52 bits per heavy atom. The van der Waals surface area contributed by atoms with Gasteiger partial charge in [0.25, 0.3) is 5.82 Å². The Bertz CT molecular complexity index is 668. The van der Waals surface area contributed by atoms with Gasteiger partial charge >= 0.3 is 12.1 Å². The first kappa shape index (κ1) is 13.9. The minimum absolute atomic E-state index is 0.181. The number of aromatic nitrogens is 3. The topological polar surface area (TPSA) is 80.0 Å². The molecule has 21 heavy (non-hydrogen) atoms. The van der Waals surface area contributed by atoms with Gasteiger partial charge in [0.15, 0.2) is 6.04 Å². The van der Waals surface area contributed by atoms with Crippen LogP contribution < -0.4 is 5.32 Å². The third-order valence-electron chi connectivity index (χ3n) is 3.14. The molecular formula is C11H9F3N4O2S. The highest BCUT2D eigenvalue weighted by atomic mass is 32.1. The number of anilines is 1. The van der Waals surface area contributed by atoms with E-state index in [1.165, 1.54) is 11.3 Å². The number of carbonyl (C=O) groups is 1. The van der Waals surface area contributed by atoms with E-state index in [-0.39, 0.29) is 12.4 Å². The van der Waals surface area contributed by atoms with Crippen LogP contribution in [0.3, 0.4) is 0 Å². The number of hydrogen-bond acceptors (Lipinski definition) is 5. The molecule has 0 aromatic carbocycles. The molecule has 2 aromatic heterocycles. The van der Waals surface area contributed by atoms with Gasteiger partial charge in [0.1, 0.15) is 0 Å². The average molecular weight is 318 g/mol. The lowest BCUT2D eigenvalue weighted by molar-refractivity contribution is -0.173. The molecule has 0 aliphatic carbocycles. The van der Waals surface area contributed by atoms with Crippen molar-refractivity contribution >= 4 is 23.3 Å². The molecule has 0 amide bonds. The van der Waals surface area contributed by atoms with Crippen LogP contribution in [0.1, 0.15) is 34.0 Å². The summed E-state index contributed by atoms with van der Waals surface area (Å²) in [5.74, 6) is -2.30. The maximum absolute atomic E-state index is 13.2. The van der Waals surface area contributed by atoms with Crippen molar-refractivity contribution in [3.63, 3.8) is 0 Å². The smallest absolute Gasteiger partial charge is 0.411 e. The summed E-state index contributed by atoms with van der Waals surface area (Å²) in [5.41, 5.74) is 0. The van der Waals surface area contributed by atoms with Crippen molar-refractivity contribution in [2.45, 2.75) is 24.7 Å². The monoisotopic (exact) mass is 318 g/mol. The highest BCUT2D eigenvalue weighted by molar-refractivity contribution is 7.10. The van der Waals surface area contributed by atoms with Crippen LogP contribution >= 0.6 is 11.3 Å². The van der Waals surface area contributed by atoms with E-state index in [9.17, 15) is 18.0 Å². The van der Waals surface area contributed by atoms with E-state index in [0.717, 1.165) is 4.88 Å². The molecule has 10 heteroatoms. The van der Waals surface area contributed by atoms with Gasteiger partial charge in [0, 0.05) is 11.3 Å². The number of halogens is 3. The first-order valence-electron chi connectivity index (χ1n) is 5.92. The van der Waals surface area contributed by atoms with Crippen LogP contribution in [-0.4, -0.2) is 32.0 Å². The lowest BCUT2D eigenvalue weighted by atomic mass is 10.0. The van der Waals surface area contributed by atoms with Crippen LogP contribution in [0.4, 0.5) is 19.1 Å². The number of rotatable bonds is 2. The molecule has 112 valence electrons. The zero-order valence-corrected chi connectivity index (χ0v) is 11.1. The summed E-state index contributed by atoms with van der Waals surface area (Å²) < 4.78 is 40.2. The van der Waals surface area contributed by atoms with Crippen molar-refractivity contribution < 1.29 is 23.1 Å². The fraction of sp³-hybridized carbons (Fsp3) is 0.364. The summed E-state index contributed by atoms with van der Waals surface area (Å²) in [7, 11) is 0. The second kappa shape index (κ2) is 4.72. The number of fused-ring (bicyclic) bond motifs is 1. The van der Waals surface area contributed by atoms with Gasteiger partial charge in [-0.3, -0.25) is 0 Å². The first-order chi connectivity index (χ1) is 9.86. The van der Waals surface area contributed by atoms with E-state index in [0.29, 0.717) is 4.68 Å². The number of thiophene rings is 1. The standard InChI is InChI=1S/C11H9F3N4O2S/c12-11(13,14)7-4-5(6-2-1-3-21-6)15-10-16-8(9(19)20)17-18(7)10/h1-3,5,7H,4H2,(H,19,20)(H,15,16,17). The Hall–Kier alpha value is -2.10. The van der Waals surface area contributed by atoms with Crippen LogP contribution in [-0.2, 0) is 0 Å². The zero-order valence-electron chi connectivity index (χ0n) is 10.3. The molecule has 2 aromatic rings. The molecule has 0 saturated heterocycles. The van der Waals surface area contributed by atoms with E-state index >= 15 is 0 Å². The maximum Gasteiger partial charge on any atom is 0.411 e. The minimum Gasteiger partial charge on any atom is -0.475 e. The summed E-state index contributed by atoms with van der Waals surface area (Å²) in [4.78, 5) is 15.2. The highest BCUT2D eigenvalue weighted by Crippen LogP contribution is 2.43. The summed E-state index contributed by atoms with van der Waals surface area (Å²) in [6.45, 7) is 0. The Balaban J connectivity index is 2.03. The van der Waals surface area contributed by atoms with Gasteiger partial charge in [-0.25, -0.2) is 9.48 Å². The van der Waals surface area contributed by atoms with Gasteiger partial charge in [-0.15, -0.1) is 16.4 Å². The van der Waals surface area contributed by atoms with Gasteiger partial charge in [0.2, 0.25) is 5.95 Å². The predicted molar refractivity (Wildman–Crippen MR) is 67.4 cm³/mol. The first-order valence-corrected chi connectivity index (χ1v) is 6.80. The van der Waals surface area contributed by atoms with Gasteiger partial charge in [-0.1, -0.05) is 6.07 Å². The van der Waals surface area contributed by atoms with Crippen LogP contribution in [0.15, 0.2) is 17.5 Å². The molecule has 0 spiro atoms. The SMILES string of the molecule is O=C(O)c1nc2n(n1)C(C(F)(F)F)CC(c1cccs1)N2. The number of carboxylic acids is 1. The molecule has 2 atom stereocenters. The molecule has 1 aliphatic rings. The van der Waals surface area contributed by atoms with Gasteiger partial charge in [-0.2, -0.15) is 18.2 Å². The third kappa shape index (κ3) is 2.46. The Morgan fingerprint density at radius 3 is 2.86 bits per heavy atom. The molecular weight excluding hydrogens is 309 g/mol. The Kier molecular flexibility index (Phi) is 3.12. The fourth-order valence-corrected chi connectivity index (χ4v) is 3.01. The second-order valence-corrected chi connectivity index (χ2v) is 5.49. The van der Waals surface area contributed by atoms with Gasteiger partial charge < -0.3 is 10.4 Å². The maximum atomic E-state index is 13.2. The summed E-state index contributed by atoms with van der Waals surface area (Å²) in [5, 5.41) is 16.8. The molecule has 0 saturated carbocycles. The number of carboxylic acid groups (broad SMARTS) is 1. The van der Waals surface area contributed by atoms with Crippen LogP contribution in [0.2, 0.25) is 0 Å². The largest absolute Gasteiger partial charge is 0.475 e. The molecule has 1 aliphatic heterocycles. The van der Waals surface area contributed by atoms with Gasteiger partial charge in [0.05, 0.1) is 6.04 Å². The Labute approximate surface area is 120 Å². The van der Waals surface area contributed by atoms with Crippen molar-refractivity contribution in [3.05, 3.63) is 28.2 Å². The van der Waals surface area contributed by atoms with E-state index < -0.39 is 30.1 Å². The molecule has 0 radical (unpaired) electrons. The van der Waals surface area contributed by atoms with Crippen molar-refractivity contribution in [2.75, 3.05) is 5.32 Å². The van der Waals surface area contributed by atoms with Crippen molar-refractivity contribution in [1.82, 2.24) is 14.8 Å². The van der Waals surface area contributed by atoms with Crippen molar-refractivity contribution in [2.24, 2.45) is 0 Å². The molecule has 6 nitrogen and oxygen atoms in total. The second-order valence-electron chi connectivity index (χ2n) is 4.51. The number of alkyl halides is 3. The molecule has 2 unspecified atom stereocenters. The normalized spacial score (nSPS) is 21.7. The summed E-state index contributed by atoms with van der Waals surface area (Å²) in [6, 6.07) is 0.989. The van der Waals surface area contributed by atoms with Crippen LogP contribution in [0, 0.1) is 0 Å². The van der Waals surface area contributed by atoms with Crippen molar-refractivity contribution in [3.8, 4) is 0 Å². The summed E-state index contributed by atoms with van der Waals surface area (Å²) >= 11 is 1.33. The molecule has 3 heterocycles. The Morgan fingerprint density at radius 2 is 2.29 bits per heavy atom. The van der Waals surface area contributed by atoms with E-state index in [4.69, 9.17) is 5.11 Å². The number of aromatic carboxylic acids is 1. The molecule has 0 fully saturated rings. The van der Waals surface area contributed by atoms with E-state index in [1.807, 2.05) is 0 Å². The summed E-state index contributed by atoms with van der Waals surface area (Å²) in [6.07, 6.45) is -4.80. The quantitative estimate of drug-likeness (QED) is 0.890. The van der Waals surface area contributed by atoms with E-state index in [2.05, 4.69) is 15.4 Å². The van der Waals surface area contributed by atoms with Gasteiger partial charge in [-0.05, 0) is 11.4 Å². The van der Waals surface area contributed by atoms with Crippen molar-refractivity contribution in [1.29, 1.82) is 0 Å². The minimum atomic E-state index is -4.53. The van der Waals surface area contributed by atoms with Crippen LogP contribution in [0.25, 0.3) is 0 Å². The molecule has 0 bridgehead atoms. The fourth-order valence-electron chi connectivity index (χ4n) is 2.22. The number of hydrogen-bond donors (Lipinski definition) is 2. The lowest BCUT2D eigenvalue weighted by Gasteiger charge is -2.31. The lowest BCUT2D eigenvalue weighted by Crippen LogP contribution is -2.35. The predicted octanol–water partition coefficient (Wildman–Crippen LogP) is 2.70. The number of nitrogens with zero attached hydrogens (tertiary/aromatic N) is 3. The molecule has 2 N–H and O–H groups in total. The molecule has 3 rings (SSSR count). The zero-order chi connectivity index (χ0) is 15.2. The third-order valence-corrected chi connectivity index (χ3v) is 4.13. The van der Waals surface area contributed by atoms with Crippen LogP contribution in [0.5, 0.6) is 0 Å². The number of nitrogens with one attached hydrogen (secondary N) is 1. The average Bonchev–Trinajstić information content (AvgIpc) is 3.05.